The van der Waals surface area contributed by atoms with Gasteiger partial charge in [0.25, 0.3) is 0 Å². The topological polar surface area (TPSA) is 32.3 Å². The monoisotopic (exact) mass is 288 g/mol. The molecular weight excluding hydrogens is 260 g/mol. The van der Waals surface area contributed by atoms with E-state index in [1.54, 1.807) is 0 Å². The van der Waals surface area contributed by atoms with Crippen molar-refractivity contribution in [1.29, 1.82) is 0 Å². The van der Waals surface area contributed by atoms with Crippen LogP contribution in [0.15, 0.2) is 0 Å². The number of amides is 1. The van der Waals surface area contributed by atoms with Gasteiger partial charge in [-0.3, -0.25) is 4.79 Å². The Balaban J connectivity index is 0.00000180. The van der Waals surface area contributed by atoms with E-state index in [0.717, 1.165) is 26.1 Å². The summed E-state index contributed by atoms with van der Waals surface area (Å²) in [7, 11) is 1.99. The van der Waals surface area contributed by atoms with Crippen molar-refractivity contribution in [2.45, 2.75) is 40.5 Å². The van der Waals surface area contributed by atoms with Crippen molar-refractivity contribution in [1.82, 2.24) is 10.2 Å². The molecule has 0 aromatic heterocycles. The van der Waals surface area contributed by atoms with E-state index < -0.39 is 0 Å². The van der Waals surface area contributed by atoms with Gasteiger partial charge in [0.05, 0.1) is 0 Å². The number of carbonyl (C=O) groups is 1. The fraction of sp³-hybridized carbons (Fsp3) is 0.933. The molecule has 1 saturated carbocycles. The fourth-order valence-electron chi connectivity index (χ4n) is 3.72. The molecule has 3 nitrogen and oxygen atoms in total. The minimum absolute atomic E-state index is 0. The van der Waals surface area contributed by atoms with Gasteiger partial charge in [-0.1, -0.05) is 27.7 Å². The standard InChI is InChI=1S/C15H28N2O.ClH/c1-14(2)12(15(14,3)4)13(18)17-8-6-7-11(10-17)9-16-5;/h11-12,16H,6-10H2,1-5H3;1H. The Morgan fingerprint density at radius 3 is 2.32 bits per heavy atom. The summed E-state index contributed by atoms with van der Waals surface area (Å²) in [6.07, 6.45) is 2.41. The molecule has 19 heavy (non-hydrogen) atoms. The third kappa shape index (κ3) is 2.78. The Kier molecular flexibility index (Phi) is 4.95. The van der Waals surface area contributed by atoms with Gasteiger partial charge in [-0.05, 0) is 43.2 Å². The number of hydrogen-bond acceptors (Lipinski definition) is 2. The van der Waals surface area contributed by atoms with E-state index in [0.29, 0.717) is 11.8 Å². The highest BCUT2D eigenvalue weighted by atomic mass is 35.5. The zero-order valence-corrected chi connectivity index (χ0v) is 13.8. The predicted octanol–water partition coefficient (Wildman–Crippen LogP) is 2.55. The maximum atomic E-state index is 12.6. The van der Waals surface area contributed by atoms with Crippen LogP contribution in [0.25, 0.3) is 0 Å². The SMILES string of the molecule is CNCC1CCCN(C(=O)C2C(C)(C)C2(C)C)C1.Cl. The van der Waals surface area contributed by atoms with Crippen LogP contribution in [0.1, 0.15) is 40.5 Å². The number of halogens is 1. The molecule has 1 aliphatic heterocycles. The first-order valence-corrected chi connectivity index (χ1v) is 7.25. The van der Waals surface area contributed by atoms with Crippen LogP contribution in [0.2, 0.25) is 0 Å². The molecule has 0 aromatic carbocycles. The Bertz CT molecular complexity index is 325. The van der Waals surface area contributed by atoms with Crippen molar-refractivity contribution in [3.8, 4) is 0 Å². The van der Waals surface area contributed by atoms with E-state index in [1.807, 2.05) is 7.05 Å². The molecule has 112 valence electrons. The van der Waals surface area contributed by atoms with E-state index in [4.69, 9.17) is 0 Å². The molecule has 0 spiro atoms. The molecule has 0 bridgehead atoms. The van der Waals surface area contributed by atoms with Crippen molar-refractivity contribution < 1.29 is 4.79 Å². The lowest BCUT2D eigenvalue weighted by Gasteiger charge is -2.33. The predicted molar refractivity (Wildman–Crippen MR) is 81.5 cm³/mol. The van der Waals surface area contributed by atoms with Gasteiger partial charge in [0, 0.05) is 19.0 Å². The van der Waals surface area contributed by atoms with Crippen LogP contribution in [0, 0.1) is 22.7 Å². The number of nitrogens with one attached hydrogen (secondary N) is 1. The average Bonchev–Trinajstić information content (AvgIpc) is 2.69. The summed E-state index contributed by atoms with van der Waals surface area (Å²) in [5, 5.41) is 3.24. The van der Waals surface area contributed by atoms with E-state index in [2.05, 4.69) is 37.9 Å². The first-order valence-electron chi connectivity index (χ1n) is 7.25. The van der Waals surface area contributed by atoms with Crippen LogP contribution in [0.5, 0.6) is 0 Å². The molecular formula is C15H29ClN2O. The fourth-order valence-corrected chi connectivity index (χ4v) is 3.72. The quantitative estimate of drug-likeness (QED) is 0.866. The lowest BCUT2D eigenvalue weighted by Crippen LogP contribution is -2.43. The van der Waals surface area contributed by atoms with Gasteiger partial charge in [0.1, 0.15) is 0 Å². The van der Waals surface area contributed by atoms with Gasteiger partial charge in [0.15, 0.2) is 0 Å². The van der Waals surface area contributed by atoms with Crippen LogP contribution in [0.4, 0.5) is 0 Å². The molecule has 1 N–H and O–H groups in total. The van der Waals surface area contributed by atoms with Gasteiger partial charge >= 0.3 is 0 Å². The minimum Gasteiger partial charge on any atom is -0.342 e. The van der Waals surface area contributed by atoms with Gasteiger partial charge in [-0.15, -0.1) is 12.4 Å². The van der Waals surface area contributed by atoms with Crippen molar-refractivity contribution in [3.05, 3.63) is 0 Å². The van der Waals surface area contributed by atoms with Crippen molar-refractivity contribution >= 4 is 18.3 Å². The van der Waals surface area contributed by atoms with Crippen molar-refractivity contribution in [2.24, 2.45) is 22.7 Å². The summed E-state index contributed by atoms with van der Waals surface area (Å²) < 4.78 is 0. The normalized spacial score (nSPS) is 28.7. The molecule has 1 unspecified atom stereocenters. The second-order valence-corrected chi connectivity index (χ2v) is 7.23. The summed E-state index contributed by atoms with van der Waals surface area (Å²) >= 11 is 0. The zero-order valence-electron chi connectivity index (χ0n) is 13.0. The van der Waals surface area contributed by atoms with Gasteiger partial charge in [0.2, 0.25) is 5.91 Å². The molecule has 2 aliphatic rings. The van der Waals surface area contributed by atoms with Crippen LogP contribution < -0.4 is 5.32 Å². The molecule has 1 aliphatic carbocycles. The van der Waals surface area contributed by atoms with Gasteiger partial charge < -0.3 is 10.2 Å². The molecule has 1 saturated heterocycles. The van der Waals surface area contributed by atoms with E-state index in [9.17, 15) is 4.79 Å². The van der Waals surface area contributed by atoms with Crippen molar-refractivity contribution in [2.75, 3.05) is 26.7 Å². The Hall–Kier alpha value is -0.280. The van der Waals surface area contributed by atoms with Crippen molar-refractivity contribution in [3.63, 3.8) is 0 Å². The number of carbonyl (C=O) groups excluding carboxylic acids is 1. The molecule has 4 heteroatoms. The minimum atomic E-state index is 0. The number of rotatable bonds is 3. The second kappa shape index (κ2) is 5.61. The lowest BCUT2D eigenvalue weighted by atomic mass is 9.97. The highest BCUT2D eigenvalue weighted by Crippen LogP contribution is 2.68. The maximum absolute atomic E-state index is 12.6. The molecule has 1 atom stereocenters. The zero-order chi connectivity index (χ0) is 13.6. The number of likely N-dealkylation sites (tertiary alicyclic amines) is 1. The molecule has 0 radical (unpaired) electrons. The number of hydrogen-bond donors (Lipinski definition) is 1. The smallest absolute Gasteiger partial charge is 0.226 e. The Labute approximate surface area is 123 Å². The molecule has 2 rings (SSSR count). The molecule has 1 heterocycles. The summed E-state index contributed by atoms with van der Waals surface area (Å²) in [5.74, 6) is 1.25. The molecule has 1 amide bonds. The van der Waals surface area contributed by atoms with Crippen LogP contribution in [-0.4, -0.2) is 37.5 Å². The van der Waals surface area contributed by atoms with E-state index >= 15 is 0 Å². The van der Waals surface area contributed by atoms with E-state index in [-0.39, 0.29) is 29.2 Å². The highest BCUT2D eigenvalue weighted by Gasteiger charge is 2.68. The summed E-state index contributed by atoms with van der Waals surface area (Å²) in [6, 6.07) is 0. The summed E-state index contributed by atoms with van der Waals surface area (Å²) in [4.78, 5) is 14.8. The molecule has 0 aromatic rings. The third-order valence-corrected chi connectivity index (χ3v) is 5.59. The van der Waals surface area contributed by atoms with Gasteiger partial charge in [-0.2, -0.15) is 0 Å². The maximum Gasteiger partial charge on any atom is 0.226 e. The second-order valence-electron chi connectivity index (χ2n) is 7.23. The van der Waals surface area contributed by atoms with E-state index in [1.165, 1.54) is 6.42 Å². The first-order chi connectivity index (χ1) is 8.32. The summed E-state index contributed by atoms with van der Waals surface area (Å²) in [6.45, 7) is 11.8. The Morgan fingerprint density at radius 1 is 1.26 bits per heavy atom. The van der Waals surface area contributed by atoms with Crippen LogP contribution >= 0.6 is 12.4 Å². The molecule has 2 fully saturated rings. The van der Waals surface area contributed by atoms with Crippen LogP contribution in [0.3, 0.4) is 0 Å². The van der Waals surface area contributed by atoms with Gasteiger partial charge in [-0.25, -0.2) is 0 Å². The largest absolute Gasteiger partial charge is 0.342 e. The highest BCUT2D eigenvalue weighted by molar-refractivity contribution is 5.85. The number of piperidine rings is 1. The van der Waals surface area contributed by atoms with Crippen LogP contribution in [-0.2, 0) is 4.79 Å². The number of nitrogens with zero attached hydrogens (tertiary/aromatic N) is 1. The Morgan fingerprint density at radius 2 is 1.84 bits per heavy atom. The third-order valence-electron chi connectivity index (χ3n) is 5.59. The first kappa shape index (κ1) is 16.8. The summed E-state index contributed by atoms with van der Waals surface area (Å²) in [5.41, 5.74) is 0.333. The average molecular weight is 289 g/mol. The lowest BCUT2D eigenvalue weighted by molar-refractivity contribution is -0.135.